The molecule has 0 aliphatic carbocycles. The van der Waals surface area contributed by atoms with Gasteiger partial charge in [-0.3, -0.25) is 0 Å². The minimum Gasteiger partial charge on any atom is -0.491 e. The highest BCUT2D eigenvalue weighted by atomic mass is 16.5. The third-order valence-electron chi connectivity index (χ3n) is 4.60. The molecule has 1 aliphatic rings. The van der Waals surface area contributed by atoms with E-state index in [2.05, 4.69) is 36.9 Å². The second-order valence-electron chi connectivity index (χ2n) is 6.33. The van der Waals surface area contributed by atoms with Crippen molar-refractivity contribution in [2.75, 3.05) is 24.6 Å². The van der Waals surface area contributed by atoms with Crippen LogP contribution in [0.4, 0.5) is 5.69 Å². The molecule has 0 spiro atoms. The van der Waals surface area contributed by atoms with Crippen molar-refractivity contribution in [3.63, 3.8) is 0 Å². The topological polar surface area (TPSA) is 38.5 Å². The number of benzene rings is 1. The Morgan fingerprint density at radius 3 is 2.81 bits per heavy atom. The Hall–Kier alpha value is -1.22. The maximum absolute atomic E-state index is 6.18. The van der Waals surface area contributed by atoms with Crippen LogP contribution in [0.5, 0.6) is 5.75 Å². The Labute approximate surface area is 129 Å². The van der Waals surface area contributed by atoms with Crippen molar-refractivity contribution in [1.29, 1.82) is 0 Å². The predicted octanol–water partition coefficient (Wildman–Crippen LogP) is 3.96. The minimum atomic E-state index is 0.0253. The van der Waals surface area contributed by atoms with Crippen LogP contribution in [-0.4, -0.2) is 25.2 Å². The summed E-state index contributed by atoms with van der Waals surface area (Å²) in [6, 6.07) is 8.38. The maximum atomic E-state index is 6.18. The highest BCUT2D eigenvalue weighted by Gasteiger charge is 2.32. The van der Waals surface area contributed by atoms with Gasteiger partial charge in [0, 0.05) is 18.6 Å². The summed E-state index contributed by atoms with van der Waals surface area (Å²) in [4.78, 5) is 2.49. The highest BCUT2D eigenvalue weighted by molar-refractivity contribution is 5.60. The molecule has 1 unspecified atom stereocenters. The molecule has 0 saturated heterocycles. The van der Waals surface area contributed by atoms with Crippen LogP contribution in [0.15, 0.2) is 24.3 Å². The summed E-state index contributed by atoms with van der Waals surface area (Å²) < 4.78 is 5.88. The molecule has 1 aromatic rings. The molecule has 0 bridgehead atoms. The summed E-state index contributed by atoms with van der Waals surface area (Å²) in [5.41, 5.74) is 7.41. The van der Waals surface area contributed by atoms with Gasteiger partial charge in [-0.2, -0.15) is 0 Å². The fourth-order valence-corrected chi connectivity index (χ4v) is 3.17. The van der Waals surface area contributed by atoms with E-state index >= 15 is 0 Å². The van der Waals surface area contributed by atoms with Gasteiger partial charge >= 0.3 is 0 Å². The Morgan fingerprint density at radius 1 is 1.24 bits per heavy atom. The van der Waals surface area contributed by atoms with Crippen LogP contribution in [0.1, 0.15) is 52.4 Å². The van der Waals surface area contributed by atoms with E-state index in [0.717, 1.165) is 31.7 Å². The largest absolute Gasteiger partial charge is 0.491 e. The number of ether oxygens (including phenoxy) is 1. The first-order valence-corrected chi connectivity index (χ1v) is 8.41. The van der Waals surface area contributed by atoms with Crippen LogP contribution in [0.3, 0.4) is 0 Å². The van der Waals surface area contributed by atoms with Gasteiger partial charge in [-0.05, 0) is 31.9 Å². The van der Waals surface area contributed by atoms with Crippen molar-refractivity contribution in [1.82, 2.24) is 0 Å². The van der Waals surface area contributed by atoms with Gasteiger partial charge in [0.15, 0.2) is 0 Å². The Morgan fingerprint density at radius 2 is 2.05 bits per heavy atom. The first-order valence-electron chi connectivity index (χ1n) is 8.41. The van der Waals surface area contributed by atoms with Crippen LogP contribution in [0.2, 0.25) is 0 Å². The van der Waals surface area contributed by atoms with E-state index in [1.165, 1.54) is 31.4 Å². The monoisotopic (exact) mass is 290 g/mol. The second kappa shape index (κ2) is 7.69. The molecule has 2 rings (SSSR count). The molecule has 0 amide bonds. The summed E-state index contributed by atoms with van der Waals surface area (Å²) in [7, 11) is 0. The number of anilines is 1. The third-order valence-corrected chi connectivity index (χ3v) is 4.60. The first-order chi connectivity index (χ1) is 10.2. The van der Waals surface area contributed by atoms with E-state index in [0.29, 0.717) is 6.54 Å². The van der Waals surface area contributed by atoms with Crippen molar-refractivity contribution in [2.24, 2.45) is 5.73 Å². The molecule has 1 aromatic carbocycles. The van der Waals surface area contributed by atoms with Gasteiger partial charge in [0.2, 0.25) is 0 Å². The lowest BCUT2D eigenvalue weighted by atomic mass is 9.91. The van der Waals surface area contributed by atoms with Crippen LogP contribution >= 0.6 is 0 Å². The lowest BCUT2D eigenvalue weighted by molar-refractivity contribution is 0.320. The van der Waals surface area contributed by atoms with Crippen molar-refractivity contribution in [3.8, 4) is 5.75 Å². The average Bonchev–Trinajstić information content (AvgIpc) is 2.74. The van der Waals surface area contributed by atoms with E-state index in [1.54, 1.807) is 0 Å². The first kappa shape index (κ1) is 16.2. The number of hydrogen-bond donors (Lipinski definition) is 1. The van der Waals surface area contributed by atoms with Crippen molar-refractivity contribution in [2.45, 2.75) is 57.9 Å². The summed E-state index contributed by atoms with van der Waals surface area (Å²) in [5, 5.41) is 0. The molecule has 21 heavy (non-hydrogen) atoms. The number of unbranched alkanes of at least 4 members (excludes halogenated alkanes) is 3. The van der Waals surface area contributed by atoms with Gasteiger partial charge in [-0.15, -0.1) is 0 Å². The van der Waals surface area contributed by atoms with Crippen molar-refractivity contribution in [3.05, 3.63) is 24.3 Å². The number of nitrogens with zero attached hydrogens (tertiary/aromatic N) is 1. The van der Waals surface area contributed by atoms with E-state index in [1.807, 2.05) is 6.07 Å². The second-order valence-corrected chi connectivity index (χ2v) is 6.33. The van der Waals surface area contributed by atoms with Gasteiger partial charge in [0.05, 0.1) is 12.3 Å². The Kier molecular flexibility index (Phi) is 5.92. The molecule has 1 heterocycles. The fourth-order valence-electron chi connectivity index (χ4n) is 3.17. The molecular formula is C18H30N2O. The minimum absolute atomic E-state index is 0.0253. The van der Waals surface area contributed by atoms with Gasteiger partial charge in [-0.1, -0.05) is 44.7 Å². The normalized spacial score (nSPS) is 17.6. The smallest absolute Gasteiger partial charge is 0.142 e. The van der Waals surface area contributed by atoms with Gasteiger partial charge in [0.25, 0.3) is 0 Å². The fraction of sp³-hybridized carbons (Fsp3) is 0.667. The summed E-state index contributed by atoms with van der Waals surface area (Å²) in [6.45, 7) is 7.07. The van der Waals surface area contributed by atoms with Crippen LogP contribution in [0, 0.1) is 0 Å². The molecule has 0 fully saturated rings. The lowest BCUT2D eigenvalue weighted by Gasteiger charge is -2.42. The Balaban J connectivity index is 2.16. The Bertz CT molecular complexity index is 435. The number of rotatable bonds is 7. The SMILES string of the molecule is CCCCCCC(C)(CN)N1CCCOc2ccccc21. The zero-order valence-corrected chi connectivity index (χ0v) is 13.6. The van der Waals surface area contributed by atoms with Crippen LogP contribution in [0.25, 0.3) is 0 Å². The number of nitrogens with two attached hydrogens (primary N) is 1. The highest BCUT2D eigenvalue weighted by Crippen LogP contribution is 2.36. The van der Waals surface area contributed by atoms with Crippen LogP contribution in [-0.2, 0) is 0 Å². The zero-order valence-electron chi connectivity index (χ0n) is 13.6. The molecule has 0 aromatic heterocycles. The lowest BCUT2D eigenvalue weighted by Crippen LogP contribution is -2.52. The van der Waals surface area contributed by atoms with Gasteiger partial charge in [0.1, 0.15) is 5.75 Å². The number of hydrogen-bond acceptors (Lipinski definition) is 3. The number of fused-ring (bicyclic) bond motifs is 1. The molecule has 0 radical (unpaired) electrons. The molecule has 3 heteroatoms. The maximum Gasteiger partial charge on any atom is 0.142 e. The van der Waals surface area contributed by atoms with Crippen LogP contribution < -0.4 is 15.4 Å². The third kappa shape index (κ3) is 3.91. The quantitative estimate of drug-likeness (QED) is 0.772. The molecule has 118 valence electrons. The van der Waals surface area contributed by atoms with Crippen molar-refractivity contribution >= 4 is 5.69 Å². The molecule has 1 aliphatic heterocycles. The van der Waals surface area contributed by atoms with Crippen molar-refractivity contribution < 1.29 is 4.74 Å². The summed E-state index contributed by atoms with van der Waals surface area (Å²) in [6.07, 6.45) is 7.36. The standard InChI is InChI=1S/C18H30N2O/c1-3-4-5-8-12-18(2,15-19)20-13-9-14-21-17-11-7-6-10-16(17)20/h6-7,10-11H,3-5,8-9,12-15,19H2,1-2H3. The molecule has 1 atom stereocenters. The van der Waals surface area contributed by atoms with E-state index < -0.39 is 0 Å². The van der Waals surface area contributed by atoms with Gasteiger partial charge < -0.3 is 15.4 Å². The van der Waals surface area contributed by atoms with E-state index in [9.17, 15) is 0 Å². The van der Waals surface area contributed by atoms with E-state index in [4.69, 9.17) is 10.5 Å². The summed E-state index contributed by atoms with van der Waals surface area (Å²) >= 11 is 0. The molecule has 3 nitrogen and oxygen atoms in total. The van der Waals surface area contributed by atoms with E-state index in [-0.39, 0.29) is 5.54 Å². The average molecular weight is 290 g/mol. The molecule has 2 N–H and O–H groups in total. The molecular weight excluding hydrogens is 260 g/mol. The summed E-state index contributed by atoms with van der Waals surface area (Å²) in [5.74, 6) is 1.00. The predicted molar refractivity (Wildman–Crippen MR) is 90.1 cm³/mol. The number of para-hydroxylation sites is 2. The molecule has 0 saturated carbocycles. The zero-order chi connectivity index (χ0) is 15.1. The van der Waals surface area contributed by atoms with Gasteiger partial charge in [-0.25, -0.2) is 0 Å².